The quantitative estimate of drug-likeness (QED) is 0.0838. The molecule has 0 spiro atoms. The van der Waals surface area contributed by atoms with Crippen LogP contribution in [0.5, 0.6) is 17.2 Å². The zero-order valence-corrected chi connectivity index (χ0v) is 29.8. The number of methoxy groups -OCH3 is 3. The van der Waals surface area contributed by atoms with E-state index in [1.165, 1.54) is 39.2 Å². The molecule has 3 N–H and O–H groups in total. The van der Waals surface area contributed by atoms with E-state index in [1.807, 2.05) is 68.4 Å². The number of carbonyl (C=O) groups is 3. The van der Waals surface area contributed by atoms with E-state index in [0.717, 1.165) is 21.6 Å². The number of ether oxygens (including phenoxy) is 3. The third kappa shape index (κ3) is 9.37. The summed E-state index contributed by atoms with van der Waals surface area (Å²) in [5.41, 5.74) is 5.04. The number of nitrogens with one attached hydrogen (secondary N) is 3. The van der Waals surface area contributed by atoms with Crippen molar-refractivity contribution in [2.75, 3.05) is 32.0 Å². The highest BCUT2D eigenvalue weighted by atomic mass is 32.2. The van der Waals surface area contributed by atoms with E-state index in [-0.39, 0.29) is 11.6 Å². The van der Waals surface area contributed by atoms with Crippen LogP contribution in [0.25, 0.3) is 6.08 Å². The molecular formula is C41H39N3O6S. The molecule has 10 heteroatoms. The molecule has 9 nitrogen and oxygen atoms in total. The van der Waals surface area contributed by atoms with Gasteiger partial charge in [0.05, 0.1) is 21.3 Å². The van der Waals surface area contributed by atoms with Crippen molar-refractivity contribution in [1.29, 1.82) is 0 Å². The Kier molecular flexibility index (Phi) is 12.2. The standard InChI is InChI=1S/C41H39N3O6S/c1-26-19-20-32(21-27(26)2)43-41(47)38(28-13-8-6-9-14-28)51-33-18-12-17-31(24-33)42-40(46)34(44-39(45)29-15-10-7-11-16-29)22-30-23-36(49-4)37(50-5)25-35(30)48-3/h6-25,38H,1-5H3,(H,42,46)(H,43,47)(H,44,45)/b34-22+. The molecule has 0 saturated heterocycles. The molecule has 0 aliphatic heterocycles. The number of amides is 3. The van der Waals surface area contributed by atoms with Gasteiger partial charge in [0.1, 0.15) is 16.7 Å². The number of thioether (sulfide) groups is 1. The average molecular weight is 702 g/mol. The monoisotopic (exact) mass is 701 g/mol. The minimum Gasteiger partial charge on any atom is -0.496 e. The van der Waals surface area contributed by atoms with Gasteiger partial charge in [-0.05, 0) is 85.1 Å². The second kappa shape index (κ2) is 17.1. The van der Waals surface area contributed by atoms with E-state index in [2.05, 4.69) is 16.0 Å². The third-order valence-electron chi connectivity index (χ3n) is 8.03. The highest BCUT2D eigenvalue weighted by molar-refractivity contribution is 8.00. The number of carbonyl (C=O) groups excluding carboxylic acids is 3. The number of benzene rings is 5. The molecule has 260 valence electrons. The summed E-state index contributed by atoms with van der Waals surface area (Å²) >= 11 is 1.36. The van der Waals surface area contributed by atoms with Crippen LogP contribution in [0, 0.1) is 13.8 Å². The van der Waals surface area contributed by atoms with Gasteiger partial charge in [-0.2, -0.15) is 0 Å². The van der Waals surface area contributed by atoms with E-state index >= 15 is 0 Å². The normalized spacial score (nSPS) is 11.6. The summed E-state index contributed by atoms with van der Waals surface area (Å²) in [6, 6.07) is 34.4. The molecular weight excluding hydrogens is 663 g/mol. The lowest BCUT2D eigenvalue weighted by molar-refractivity contribution is -0.116. The van der Waals surface area contributed by atoms with Gasteiger partial charge >= 0.3 is 0 Å². The molecule has 3 amide bonds. The fourth-order valence-electron chi connectivity index (χ4n) is 5.17. The molecule has 0 bridgehead atoms. The van der Waals surface area contributed by atoms with E-state index in [4.69, 9.17) is 14.2 Å². The van der Waals surface area contributed by atoms with Crippen LogP contribution in [0.4, 0.5) is 11.4 Å². The van der Waals surface area contributed by atoms with Crippen molar-refractivity contribution < 1.29 is 28.6 Å². The molecule has 5 aromatic carbocycles. The Morgan fingerprint density at radius 3 is 1.96 bits per heavy atom. The van der Waals surface area contributed by atoms with Crippen LogP contribution in [-0.2, 0) is 9.59 Å². The fraction of sp³-hybridized carbons (Fsp3) is 0.146. The molecule has 1 atom stereocenters. The zero-order valence-electron chi connectivity index (χ0n) is 29.0. The van der Waals surface area contributed by atoms with Crippen molar-refractivity contribution in [1.82, 2.24) is 5.32 Å². The second-order valence-electron chi connectivity index (χ2n) is 11.5. The van der Waals surface area contributed by atoms with Crippen LogP contribution in [0.15, 0.2) is 126 Å². The first-order chi connectivity index (χ1) is 24.7. The van der Waals surface area contributed by atoms with Crippen LogP contribution >= 0.6 is 11.8 Å². The number of hydrogen-bond donors (Lipinski definition) is 3. The van der Waals surface area contributed by atoms with E-state index in [1.54, 1.807) is 60.7 Å². The minimum atomic E-state index is -0.586. The zero-order chi connectivity index (χ0) is 36.3. The average Bonchev–Trinajstić information content (AvgIpc) is 3.15. The summed E-state index contributed by atoms with van der Waals surface area (Å²) in [7, 11) is 4.51. The number of hydrogen-bond acceptors (Lipinski definition) is 7. The maximum absolute atomic E-state index is 13.9. The Morgan fingerprint density at radius 2 is 1.29 bits per heavy atom. The number of anilines is 2. The molecule has 0 aliphatic rings. The Balaban J connectivity index is 1.43. The van der Waals surface area contributed by atoms with Crippen LogP contribution in [0.2, 0.25) is 0 Å². The summed E-state index contributed by atoms with van der Waals surface area (Å²) in [5, 5.41) is 8.15. The molecule has 51 heavy (non-hydrogen) atoms. The van der Waals surface area contributed by atoms with E-state index in [9.17, 15) is 14.4 Å². The van der Waals surface area contributed by atoms with Crippen molar-refractivity contribution in [2.45, 2.75) is 24.0 Å². The highest BCUT2D eigenvalue weighted by Gasteiger charge is 2.23. The Hall–Kier alpha value is -6.00. The molecule has 0 radical (unpaired) electrons. The highest BCUT2D eigenvalue weighted by Crippen LogP contribution is 2.38. The summed E-state index contributed by atoms with van der Waals surface area (Å²) in [4.78, 5) is 41.7. The van der Waals surface area contributed by atoms with Gasteiger partial charge in [-0.3, -0.25) is 14.4 Å². The van der Waals surface area contributed by atoms with Crippen molar-refractivity contribution in [3.05, 3.63) is 149 Å². The largest absolute Gasteiger partial charge is 0.496 e. The molecule has 5 rings (SSSR count). The van der Waals surface area contributed by atoms with Crippen molar-refractivity contribution in [2.24, 2.45) is 0 Å². The predicted molar refractivity (Wildman–Crippen MR) is 203 cm³/mol. The summed E-state index contributed by atoms with van der Waals surface area (Å²) < 4.78 is 16.5. The summed E-state index contributed by atoms with van der Waals surface area (Å²) in [5.74, 6) is 0.0269. The molecule has 0 saturated carbocycles. The fourth-order valence-corrected chi connectivity index (χ4v) is 6.26. The first kappa shape index (κ1) is 36.3. The van der Waals surface area contributed by atoms with Crippen LogP contribution in [0.1, 0.15) is 37.9 Å². The van der Waals surface area contributed by atoms with Gasteiger partial charge in [-0.15, -0.1) is 11.8 Å². The minimum absolute atomic E-state index is 0.0395. The van der Waals surface area contributed by atoms with Gasteiger partial charge in [0.2, 0.25) is 5.91 Å². The molecule has 0 aliphatic carbocycles. The lowest BCUT2D eigenvalue weighted by Crippen LogP contribution is -2.30. The lowest BCUT2D eigenvalue weighted by atomic mass is 10.1. The predicted octanol–water partition coefficient (Wildman–Crippen LogP) is 8.21. The SMILES string of the molecule is COc1cc(OC)c(OC)cc1/C=C(/NC(=O)c1ccccc1)C(=O)Nc1cccc(SC(C(=O)Nc2ccc(C)c(C)c2)c2ccccc2)c1. The second-order valence-corrected chi connectivity index (χ2v) is 12.7. The van der Waals surface area contributed by atoms with Gasteiger partial charge in [-0.25, -0.2) is 0 Å². The van der Waals surface area contributed by atoms with Crippen molar-refractivity contribution in [3.8, 4) is 17.2 Å². The molecule has 0 aromatic heterocycles. The van der Waals surface area contributed by atoms with Crippen molar-refractivity contribution >= 4 is 46.9 Å². The van der Waals surface area contributed by atoms with Gasteiger partial charge in [0, 0.05) is 33.5 Å². The van der Waals surface area contributed by atoms with Gasteiger partial charge < -0.3 is 30.2 Å². The molecule has 1 unspecified atom stereocenters. The number of rotatable bonds is 13. The maximum atomic E-state index is 13.9. The Bertz CT molecular complexity index is 2050. The first-order valence-electron chi connectivity index (χ1n) is 16.1. The third-order valence-corrected chi connectivity index (χ3v) is 9.27. The lowest BCUT2D eigenvalue weighted by Gasteiger charge is -2.18. The summed E-state index contributed by atoms with van der Waals surface area (Å²) in [6.07, 6.45) is 1.51. The van der Waals surface area contributed by atoms with Gasteiger partial charge in [-0.1, -0.05) is 60.7 Å². The topological polar surface area (TPSA) is 115 Å². The maximum Gasteiger partial charge on any atom is 0.272 e. The smallest absolute Gasteiger partial charge is 0.272 e. The van der Waals surface area contributed by atoms with E-state index in [0.29, 0.717) is 39.8 Å². The van der Waals surface area contributed by atoms with Gasteiger partial charge in [0.15, 0.2) is 11.5 Å². The van der Waals surface area contributed by atoms with Crippen molar-refractivity contribution in [3.63, 3.8) is 0 Å². The van der Waals surface area contributed by atoms with Crippen LogP contribution in [-0.4, -0.2) is 39.1 Å². The molecule has 0 heterocycles. The van der Waals surface area contributed by atoms with Crippen LogP contribution in [0.3, 0.4) is 0 Å². The molecule has 0 fully saturated rings. The Morgan fingerprint density at radius 1 is 0.647 bits per heavy atom. The first-order valence-corrected chi connectivity index (χ1v) is 17.0. The van der Waals surface area contributed by atoms with Gasteiger partial charge in [0.25, 0.3) is 11.8 Å². The number of aryl methyl sites for hydroxylation is 2. The summed E-state index contributed by atoms with van der Waals surface area (Å²) in [6.45, 7) is 4.03. The Labute approximate surface area is 302 Å². The van der Waals surface area contributed by atoms with Crippen LogP contribution < -0.4 is 30.2 Å². The molecule has 5 aromatic rings. The van der Waals surface area contributed by atoms with E-state index < -0.39 is 17.1 Å².